The molecule has 0 amide bonds. The van der Waals surface area contributed by atoms with E-state index in [1.165, 1.54) is 6.20 Å². The molecular formula is C27H17Br2ClF4N4. The van der Waals surface area contributed by atoms with E-state index in [4.69, 9.17) is 11.6 Å². The van der Waals surface area contributed by atoms with Gasteiger partial charge < -0.3 is 10.3 Å². The SMILES string of the molecule is Fc1cc(C(F)(F)F)cc(C(Cc2ccccc2)(Nc2nc3cc(Br)cc(Br)c3[nH]2)c2ccc(Cl)cn2)c1. The highest BCUT2D eigenvalue weighted by atomic mass is 79.9. The highest BCUT2D eigenvalue weighted by molar-refractivity contribution is 9.11. The summed E-state index contributed by atoms with van der Waals surface area (Å²) in [5.41, 5.74) is -0.211. The Morgan fingerprint density at radius 3 is 2.34 bits per heavy atom. The van der Waals surface area contributed by atoms with Crippen LogP contribution < -0.4 is 5.32 Å². The molecular weight excluding hydrogens is 652 g/mol. The van der Waals surface area contributed by atoms with Crippen LogP contribution in [0.25, 0.3) is 11.0 Å². The number of hydrogen-bond donors (Lipinski definition) is 2. The standard InChI is InChI=1S/C27H17Br2ClF4N4/c28-18-11-21(29)24-22(12-18)36-25(37-24)38-26(13-15-4-2-1-3-5-15,23-7-6-19(30)14-35-23)16-8-17(27(32,33)34)10-20(31)9-16/h1-12,14H,13H2,(H2,36,37,38). The van der Waals surface area contributed by atoms with Gasteiger partial charge in [-0.1, -0.05) is 57.9 Å². The molecule has 3 aromatic carbocycles. The van der Waals surface area contributed by atoms with Gasteiger partial charge in [0, 0.05) is 21.6 Å². The number of alkyl halides is 3. The average molecular weight is 669 g/mol. The van der Waals surface area contributed by atoms with Crippen molar-refractivity contribution in [2.75, 3.05) is 5.32 Å². The van der Waals surface area contributed by atoms with Crippen LogP contribution >= 0.6 is 43.5 Å². The fourth-order valence-corrected chi connectivity index (χ4v) is 5.76. The molecule has 5 aromatic rings. The molecule has 1 unspecified atom stereocenters. The Bertz CT molecular complexity index is 1610. The second-order valence-corrected chi connectivity index (χ2v) is 10.9. The average Bonchev–Trinajstić information content (AvgIpc) is 3.26. The highest BCUT2D eigenvalue weighted by Crippen LogP contribution is 2.40. The van der Waals surface area contributed by atoms with Crippen molar-refractivity contribution >= 4 is 60.4 Å². The van der Waals surface area contributed by atoms with Crippen LogP contribution in [0.2, 0.25) is 5.02 Å². The summed E-state index contributed by atoms with van der Waals surface area (Å²) >= 11 is 13.0. The highest BCUT2D eigenvalue weighted by Gasteiger charge is 2.40. The lowest BCUT2D eigenvalue weighted by Gasteiger charge is -2.36. The van der Waals surface area contributed by atoms with Gasteiger partial charge in [0.2, 0.25) is 5.95 Å². The molecule has 0 aliphatic carbocycles. The van der Waals surface area contributed by atoms with Crippen LogP contribution in [-0.2, 0) is 18.1 Å². The van der Waals surface area contributed by atoms with E-state index in [2.05, 4.69) is 52.1 Å². The maximum absolute atomic E-state index is 14.8. The quantitative estimate of drug-likeness (QED) is 0.178. The van der Waals surface area contributed by atoms with Crippen LogP contribution in [0.4, 0.5) is 23.5 Å². The maximum Gasteiger partial charge on any atom is 0.416 e. The summed E-state index contributed by atoms with van der Waals surface area (Å²) in [4.78, 5) is 12.3. The molecule has 0 aliphatic rings. The second-order valence-electron chi connectivity index (χ2n) is 8.65. The molecule has 0 saturated carbocycles. The summed E-state index contributed by atoms with van der Waals surface area (Å²) in [5, 5.41) is 3.64. The van der Waals surface area contributed by atoms with E-state index in [0.717, 1.165) is 26.6 Å². The Morgan fingerprint density at radius 1 is 0.921 bits per heavy atom. The predicted octanol–water partition coefficient (Wildman–Crippen LogP) is 8.89. The number of H-pyrrole nitrogens is 1. The van der Waals surface area contributed by atoms with Gasteiger partial charge in [-0.05, 0) is 69.5 Å². The summed E-state index contributed by atoms with van der Waals surface area (Å²) in [6.45, 7) is 0. The zero-order valence-electron chi connectivity index (χ0n) is 19.3. The molecule has 11 heteroatoms. The summed E-state index contributed by atoms with van der Waals surface area (Å²) in [5.74, 6) is -0.774. The van der Waals surface area contributed by atoms with Crippen molar-refractivity contribution in [1.82, 2.24) is 15.0 Å². The summed E-state index contributed by atoms with van der Waals surface area (Å²) < 4.78 is 57.8. The summed E-state index contributed by atoms with van der Waals surface area (Å²) in [6.07, 6.45) is -3.25. The molecule has 38 heavy (non-hydrogen) atoms. The van der Waals surface area contributed by atoms with Gasteiger partial charge in [-0.2, -0.15) is 13.2 Å². The first-order valence-corrected chi connectivity index (χ1v) is 13.2. The molecule has 0 aliphatic heterocycles. The zero-order chi connectivity index (χ0) is 27.1. The van der Waals surface area contributed by atoms with E-state index in [-0.39, 0.29) is 17.9 Å². The Labute approximate surface area is 236 Å². The Balaban J connectivity index is 1.79. The molecule has 194 valence electrons. The lowest BCUT2D eigenvalue weighted by molar-refractivity contribution is -0.137. The summed E-state index contributed by atoms with van der Waals surface area (Å²) in [7, 11) is 0. The van der Waals surface area contributed by atoms with Crippen LogP contribution in [-0.4, -0.2) is 15.0 Å². The third-order valence-electron chi connectivity index (χ3n) is 6.04. The number of hydrogen-bond acceptors (Lipinski definition) is 3. The first-order valence-electron chi connectivity index (χ1n) is 11.2. The largest absolute Gasteiger partial charge is 0.416 e. The number of benzene rings is 3. The minimum absolute atomic E-state index is 0.0178. The van der Waals surface area contributed by atoms with Crippen molar-refractivity contribution in [3.63, 3.8) is 0 Å². The molecule has 2 heterocycles. The van der Waals surface area contributed by atoms with Crippen molar-refractivity contribution in [2.24, 2.45) is 0 Å². The van der Waals surface area contributed by atoms with Gasteiger partial charge in [-0.3, -0.25) is 4.98 Å². The van der Waals surface area contributed by atoms with Crippen LogP contribution in [0.3, 0.4) is 0 Å². The number of halogens is 7. The number of nitrogens with zero attached hydrogens (tertiary/aromatic N) is 2. The minimum Gasteiger partial charge on any atom is -0.340 e. The smallest absolute Gasteiger partial charge is 0.340 e. The van der Waals surface area contributed by atoms with Crippen LogP contribution in [0.5, 0.6) is 0 Å². The number of anilines is 1. The second kappa shape index (κ2) is 10.3. The maximum atomic E-state index is 14.8. The lowest BCUT2D eigenvalue weighted by atomic mass is 9.80. The number of nitrogens with one attached hydrogen (secondary N) is 2. The number of aromatic amines is 1. The number of pyridine rings is 1. The third kappa shape index (κ3) is 5.43. The molecule has 5 rings (SSSR count). The lowest BCUT2D eigenvalue weighted by Crippen LogP contribution is -2.40. The van der Waals surface area contributed by atoms with Gasteiger partial charge >= 0.3 is 6.18 Å². The van der Waals surface area contributed by atoms with Crippen molar-refractivity contribution in [3.8, 4) is 0 Å². The molecule has 0 saturated heterocycles. The van der Waals surface area contributed by atoms with E-state index in [1.54, 1.807) is 18.2 Å². The van der Waals surface area contributed by atoms with E-state index < -0.39 is 23.1 Å². The molecule has 0 fully saturated rings. The Kier molecular flexibility index (Phi) is 7.23. The Hall–Kier alpha value is -2.95. The van der Waals surface area contributed by atoms with E-state index in [1.807, 2.05) is 36.4 Å². The fraction of sp³-hybridized carbons (Fsp3) is 0.111. The molecule has 0 spiro atoms. The fourth-order valence-electron chi connectivity index (χ4n) is 4.35. The first-order chi connectivity index (χ1) is 18.0. The van der Waals surface area contributed by atoms with Gasteiger partial charge in [0.25, 0.3) is 0 Å². The van der Waals surface area contributed by atoms with Gasteiger partial charge in [0.15, 0.2) is 0 Å². The van der Waals surface area contributed by atoms with Gasteiger partial charge in [0.05, 0.1) is 27.3 Å². The van der Waals surface area contributed by atoms with Crippen molar-refractivity contribution in [3.05, 3.63) is 121 Å². The van der Waals surface area contributed by atoms with Crippen LogP contribution in [0.15, 0.2) is 87.9 Å². The van der Waals surface area contributed by atoms with Gasteiger partial charge in [-0.15, -0.1) is 0 Å². The number of rotatable bonds is 6. The van der Waals surface area contributed by atoms with Crippen molar-refractivity contribution < 1.29 is 17.6 Å². The molecule has 0 radical (unpaired) electrons. The number of aromatic nitrogens is 3. The molecule has 1 atom stereocenters. The van der Waals surface area contributed by atoms with Crippen molar-refractivity contribution in [1.29, 1.82) is 0 Å². The normalized spacial score (nSPS) is 13.4. The topological polar surface area (TPSA) is 53.6 Å². The van der Waals surface area contributed by atoms with Crippen molar-refractivity contribution in [2.45, 2.75) is 18.1 Å². The zero-order valence-corrected chi connectivity index (χ0v) is 23.2. The molecule has 2 N–H and O–H groups in total. The third-order valence-corrected chi connectivity index (χ3v) is 7.34. The summed E-state index contributed by atoms with van der Waals surface area (Å²) in [6, 6.07) is 18.4. The minimum atomic E-state index is -4.76. The molecule has 4 nitrogen and oxygen atoms in total. The first kappa shape index (κ1) is 26.6. The van der Waals surface area contributed by atoms with Crippen LogP contribution in [0, 0.1) is 5.82 Å². The predicted molar refractivity (Wildman–Crippen MR) is 147 cm³/mol. The number of imidazole rings is 1. The van der Waals surface area contributed by atoms with Gasteiger partial charge in [-0.25, -0.2) is 9.37 Å². The van der Waals surface area contributed by atoms with Crippen LogP contribution in [0.1, 0.15) is 22.4 Å². The molecule has 2 aromatic heterocycles. The van der Waals surface area contributed by atoms with E-state index in [9.17, 15) is 17.6 Å². The van der Waals surface area contributed by atoms with Gasteiger partial charge in [0.1, 0.15) is 11.4 Å². The monoisotopic (exact) mass is 666 g/mol. The molecule has 0 bridgehead atoms. The Morgan fingerprint density at radius 2 is 1.66 bits per heavy atom. The van der Waals surface area contributed by atoms with E-state index >= 15 is 0 Å². The number of fused-ring (bicyclic) bond motifs is 1. The van der Waals surface area contributed by atoms with E-state index in [0.29, 0.717) is 27.8 Å².